The zero-order chi connectivity index (χ0) is 21.8. The van der Waals surface area contributed by atoms with Gasteiger partial charge in [0.25, 0.3) is 0 Å². The van der Waals surface area contributed by atoms with Crippen molar-refractivity contribution in [2.45, 2.75) is 13.1 Å². The Morgan fingerprint density at radius 3 is 2.06 bits per heavy atom. The Kier molecular flexibility index (Phi) is 6.77. The molecular weight excluding hydrogens is 475 g/mol. The van der Waals surface area contributed by atoms with Crippen LogP contribution in [0, 0.1) is 0 Å². The molecule has 2 N–H and O–H groups in total. The Balaban J connectivity index is 1.33. The van der Waals surface area contributed by atoms with Gasteiger partial charge >= 0.3 is 0 Å². The topological polar surface area (TPSA) is 59.7 Å². The van der Waals surface area contributed by atoms with Gasteiger partial charge in [-0.2, -0.15) is 10.2 Å². The zero-order valence-corrected chi connectivity index (χ0v) is 19.2. The standard InChI is InChI=1S/C21H17Cl3N6S/c22-16-4-2-1-3-15(16)13-30-10-8-20(28-30)26-21(31)25-19-7-9-29(27-19)12-14-5-6-17(23)18(24)11-14/h1-11H,12-13H2,(H2,25,26,27,28,31). The van der Waals surface area contributed by atoms with E-state index in [0.29, 0.717) is 44.9 Å². The van der Waals surface area contributed by atoms with Crippen molar-refractivity contribution in [3.63, 3.8) is 0 Å². The molecule has 2 aromatic carbocycles. The molecule has 31 heavy (non-hydrogen) atoms. The van der Waals surface area contributed by atoms with Crippen molar-refractivity contribution in [2.75, 3.05) is 10.6 Å². The van der Waals surface area contributed by atoms with Crippen LogP contribution in [0.4, 0.5) is 11.6 Å². The smallest absolute Gasteiger partial charge is 0.177 e. The molecular formula is C21H17Cl3N6S. The summed E-state index contributed by atoms with van der Waals surface area (Å²) in [5.74, 6) is 1.24. The van der Waals surface area contributed by atoms with Gasteiger partial charge in [-0.3, -0.25) is 9.36 Å². The Labute approximate surface area is 199 Å². The first-order chi connectivity index (χ1) is 15.0. The highest BCUT2D eigenvalue weighted by Crippen LogP contribution is 2.23. The zero-order valence-electron chi connectivity index (χ0n) is 16.1. The van der Waals surface area contributed by atoms with Crippen LogP contribution in [0.2, 0.25) is 15.1 Å². The molecule has 10 heteroatoms. The van der Waals surface area contributed by atoms with E-state index in [4.69, 9.17) is 47.0 Å². The Morgan fingerprint density at radius 2 is 1.42 bits per heavy atom. The minimum Gasteiger partial charge on any atom is -0.316 e. The van der Waals surface area contributed by atoms with E-state index < -0.39 is 0 Å². The lowest BCUT2D eigenvalue weighted by Gasteiger charge is -2.07. The summed E-state index contributed by atoms with van der Waals surface area (Å²) in [6, 6.07) is 16.9. The largest absolute Gasteiger partial charge is 0.316 e. The van der Waals surface area contributed by atoms with Gasteiger partial charge in [0, 0.05) is 29.5 Å². The molecule has 2 aromatic heterocycles. The molecule has 6 nitrogen and oxygen atoms in total. The van der Waals surface area contributed by atoms with Gasteiger partial charge in [0.1, 0.15) is 0 Å². The van der Waals surface area contributed by atoms with E-state index in [2.05, 4.69) is 20.8 Å². The SMILES string of the molecule is S=C(Nc1ccn(Cc2ccc(Cl)c(Cl)c2)n1)Nc1ccn(Cc2ccccc2Cl)n1. The van der Waals surface area contributed by atoms with Crippen molar-refractivity contribution in [2.24, 2.45) is 0 Å². The first-order valence-corrected chi connectivity index (χ1v) is 10.8. The fraction of sp³-hybridized carbons (Fsp3) is 0.0952. The Bertz CT molecular complexity index is 1220. The van der Waals surface area contributed by atoms with E-state index in [1.807, 2.05) is 60.9 Å². The number of halogens is 3. The second-order valence-electron chi connectivity index (χ2n) is 6.72. The highest BCUT2D eigenvalue weighted by molar-refractivity contribution is 7.80. The number of anilines is 2. The number of aromatic nitrogens is 4. The van der Waals surface area contributed by atoms with Crippen molar-refractivity contribution >= 4 is 63.8 Å². The average molecular weight is 492 g/mol. The average Bonchev–Trinajstić information content (AvgIpc) is 3.36. The first-order valence-electron chi connectivity index (χ1n) is 9.28. The van der Waals surface area contributed by atoms with Gasteiger partial charge in [0.05, 0.1) is 23.1 Å². The van der Waals surface area contributed by atoms with Crippen LogP contribution < -0.4 is 10.6 Å². The quantitative estimate of drug-likeness (QED) is 0.327. The molecule has 0 saturated carbocycles. The molecule has 0 saturated heterocycles. The second-order valence-corrected chi connectivity index (χ2v) is 8.35. The molecule has 158 valence electrons. The summed E-state index contributed by atoms with van der Waals surface area (Å²) in [5.41, 5.74) is 1.99. The molecule has 0 aliphatic carbocycles. The predicted molar refractivity (Wildman–Crippen MR) is 130 cm³/mol. The number of benzene rings is 2. The molecule has 4 aromatic rings. The number of nitrogens with one attached hydrogen (secondary N) is 2. The second kappa shape index (κ2) is 9.70. The van der Waals surface area contributed by atoms with E-state index in [0.717, 1.165) is 11.1 Å². The van der Waals surface area contributed by atoms with Crippen LogP contribution in [0.1, 0.15) is 11.1 Å². The van der Waals surface area contributed by atoms with E-state index in [1.54, 1.807) is 15.4 Å². The molecule has 0 aliphatic rings. The van der Waals surface area contributed by atoms with Crippen LogP contribution in [0.15, 0.2) is 67.0 Å². The van der Waals surface area contributed by atoms with Crippen LogP contribution in [0.5, 0.6) is 0 Å². The molecule has 0 radical (unpaired) electrons. The number of hydrogen-bond acceptors (Lipinski definition) is 3. The van der Waals surface area contributed by atoms with Gasteiger partial charge in [-0.25, -0.2) is 0 Å². The van der Waals surface area contributed by atoms with Crippen molar-refractivity contribution in [1.82, 2.24) is 19.6 Å². The lowest BCUT2D eigenvalue weighted by Crippen LogP contribution is -2.20. The minimum atomic E-state index is 0.391. The maximum absolute atomic E-state index is 6.21. The van der Waals surface area contributed by atoms with Crippen molar-refractivity contribution in [3.05, 3.63) is 93.2 Å². The summed E-state index contributed by atoms with van der Waals surface area (Å²) < 4.78 is 3.57. The van der Waals surface area contributed by atoms with Crippen molar-refractivity contribution in [1.29, 1.82) is 0 Å². The van der Waals surface area contributed by atoms with E-state index in [9.17, 15) is 0 Å². The molecule has 0 unspecified atom stereocenters. The molecule has 0 atom stereocenters. The maximum atomic E-state index is 6.21. The minimum absolute atomic E-state index is 0.391. The lowest BCUT2D eigenvalue weighted by molar-refractivity contribution is 0.689. The summed E-state index contributed by atoms with van der Waals surface area (Å²) in [5, 5.41) is 17.2. The Hall–Kier alpha value is -2.58. The molecule has 0 aliphatic heterocycles. The summed E-state index contributed by atoms with van der Waals surface area (Å²) in [6.07, 6.45) is 3.71. The highest BCUT2D eigenvalue weighted by atomic mass is 35.5. The third-order valence-corrected chi connectivity index (χ3v) is 5.70. The summed E-state index contributed by atoms with van der Waals surface area (Å²) >= 11 is 23.6. The number of hydrogen-bond donors (Lipinski definition) is 2. The van der Waals surface area contributed by atoms with Crippen LogP contribution in [0.3, 0.4) is 0 Å². The monoisotopic (exact) mass is 490 g/mol. The van der Waals surface area contributed by atoms with Crippen LogP contribution in [0.25, 0.3) is 0 Å². The number of rotatable bonds is 6. The lowest BCUT2D eigenvalue weighted by atomic mass is 10.2. The van der Waals surface area contributed by atoms with E-state index in [1.165, 1.54) is 0 Å². The van der Waals surface area contributed by atoms with E-state index >= 15 is 0 Å². The van der Waals surface area contributed by atoms with Gasteiger partial charge < -0.3 is 10.6 Å². The van der Waals surface area contributed by atoms with Gasteiger partial charge in [-0.05, 0) is 41.5 Å². The van der Waals surface area contributed by atoms with Gasteiger partial charge in [-0.1, -0.05) is 59.1 Å². The highest BCUT2D eigenvalue weighted by Gasteiger charge is 2.07. The predicted octanol–water partition coefficient (Wildman–Crippen LogP) is 5.95. The third kappa shape index (κ3) is 5.77. The van der Waals surface area contributed by atoms with Crippen molar-refractivity contribution < 1.29 is 0 Å². The summed E-state index contributed by atoms with van der Waals surface area (Å²) in [4.78, 5) is 0. The third-order valence-electron chi connectivity index (χ3n) is 4.38. The van der Waals surface area contributed by atoms with Crippen molar-refractivity contribution in [3.8, 4) is 0 Å². The summed E-state index contributed by atoms with van der Waals surface area (Å²) in [6.45, 7) is 1.13. The molecule has 0 amide bonds. The molecule has 4 rings (SSSR count). The van der Waals surface area contributed by atoms with Gasteiger partial charge in [-0.15, -0.1) is 0 Å². The van der Waals surface area contributed by atoms with Crippen LogP contribution in [-0.2, 0) is 13.1 Å². The fourth-order valence-electron chi connectivity index (χ4n) is 2.92. The van der Waals surface area contributed by atoms with Gasteiger partial charge in [0.2, 0.25) is 0 Å². The first kappa shape index (κ1) is 21.6. The van der Waals surface area contributed by atoms with E-state index in [-0.39, 0.29) is 0 Å². The summed E-state index contributed by atoms with van der Waals surface area (Å²) in [7, 11) is 0. The van der Waals surface area contributed by atoms with Crippen LogP contribution in [-0.4, -0.2) is 24.7 Å². The molecule has 0 fully saturated rings. The normalized spacial score (nSPS) is 10.8. The molecule has 2 heterocycles. The Morgan fingerprint density at radius 1 is 0.774 bits per heavy atom. The van der Waals surface area contributed by atoms with Gasteiger partial charge in [0.15, 0.2) is 16.7 Å². The maximum Gasteiger partial charge on any atom is 0.177 e. The molecule has 0 spiro atoms. The fourth-order valence-corrected chi connectivity index (χ4v) is 3.65. The number of thiocarbonyl (C=S) groups is 1. The van der Waals surface area contributed by atoms with Crippen LogP contribution >= 0.6 is 47.0 Å². The number of nitrogens with zero attached hydrogens (tertiary/aromatic N) is 4. The molecule has 0 bridgehead atoms.